The maximum atomic E-state index is 11.2. The lowest BCUT2D eigenvalue weighted by Gasteiger charge is -2.28. The normalized spacial score (nSPS) is 24.0. The largest absolute Gasteiger partial charge is 0.342 e. The predicted octanol–water partition coefficient (Wildman–Crippen LogP) is 2.48. The third kappa shape index (κ3) is 3.92. The number of aromatic nitrogens is 3. The summed E-state index contributed by atoms with van der Waals surface area (Å²) in [6.07, 6.45) is 2.92. The van der Waals surface area contributed by atoms with Crippen LogP contribution >= 0.6 is 23.4 Å². The number of hydrogen-bond acceptors (Lipinski definition) is 6. The van der Waals surface area contributed by atoms with Crippen LogP contribution in [0.3, 0.4) is 0 Å². The van der Waals surface area contributed by atoms with Gasteiger partial charge in [-0.1, -0.05) is 35.5 Å². The SMILES string of the molecule is CC(=O)SC[C@H]1CO[C@](Cn2cncn2)(c2ccc(Cl)cc2)O1. The lowest BCUT2D eigenvalue weighted by atomic mass is 10.1. The molecule has 6 nitrogen and oxygen atoms in total. The summed E-state index contributed by atoms with van der Waals surface area (Å²) in [5, 5.41) is 4.84. The Labute approximate surface area is 143 Å². The molecule has 3 rings (SSSR count). The van der Waals surface area contributed by atoms with Crippen LogP contribution in [0.15, 0.2) is 36.9 Å². The van der Waals surface area contributed by atoms with Crippen molar-refractivity contribution in [2.24, 2.45) is 0 Å². The number of nitrogens with zero attached hydrogens (tertiary/aromatic N) is 3. The van der Waals surface area contributed by atoms with Crippen molar-refractivity contribution in [1.29, 1.82) is 0 Å². The molecule has 1 aromatic carbocycles. The Morgan fingerprint density at radius 3 is 2.91 bits per heavy atom. The average Bonchev–Trinajstić information content (AvgIpc) is 3.17. The van der Waals surface area contributed by atoms with Crippen molar-refractivity contribution in [3.05, 3.63) is 47.5 Å². The smallest absolute Gasteiger partial charge is 0.215 e. The highest BCUT2D eigenvalue weighted by atomic mass is 35.5. The van der Waals surface area contributed by atoms with Crippen LogP contribution in [0.2, 0.25) is 5.02 Å². The van der Waals surface area contributed by atoms with E-state index in [1.54, 1.807) is 30.1 Å². The highest BCUT2D eigenvalue weighted by molar-refractivity contribution is 8.13. The second-order valence-corrected chi connectivity index (χ2v) is 6.84. The molecule has 23 heavy (non-hydrogen) atoms. The zero-order valence-electron chi connectivity index (χ0n) is 12.5. The van der Waals surface area contributed by atoms with Gasteiger partial charge in [0.25, 0.3) is 0 Å². The van der Waals surface area contributed by atoms with Crippen molar-refractivity contribution in [2.75, 3.05) is 12.4 Å². The number of benzene rings is 1. The fraction of sp³-hybridized carbons (Fsp3) is 0.400. The van der Waals surface area contributed by atoms with Gasteiger partial charge in [-0.15, -0.1) is 0 Å². The van der Waals surface area contributed by atoms with Crippen LogP contribution in [0.4, 0.5) is 0 Å². The highest BCUT2D eigenvalue weighted by Gasteiger charge is 2.44. The van der Waals surface area contributed by atoms with E-state index in [4.69, 9.17) is 21.1 Å². The molecule has 1 aliphatic rings. The predicted molar refractivity (Wildman–Crippen MR) is 87.1 cm³/mol. The summed E-state index contributed by atoms with van der Waals surface area (Å²) in [5.74, 6) is -0.400. The minimum Gasteiger partial charge on any atom is -0.342 e. The second kappa shape index (κ2) is 7.00. The molecule has 1 aliphatic heterocycles. The van der Waals surface area contributed by atoms with E-state index >= 15 is 0 Å². The first kappa shape index (κ1) is 16.4. The summed E-state index contributed by atoms with van der Waals surface area (Å²) in [7, 11) is 0. The quantitative estimate of drug-likeness (QED) is 0.822. The topological polar surface area (TPSA) is 66.2 Å². The minimum absolute atomic E-state index is 0.0638. The average molecular weight is 354 g/mol. The van der Waals surface area contributed by atoms with Gasteiger partial charge in [0.2, 0.25) is 5.79 Å². The molecule has 1 saturated heterocycles. The number of carbonyl (C=O) groups is 1. The number of carbonyl (C=O) groups excluding carboxylic acids is 1. The van der Waals surface area contributed by atoms with Crippen molar-refractivity contribution >= 4 is 28.5 Å². The Balaban J connectivity index is 1.83. The van der Waals surface area contributed by atoms with Crippen LogP contribution in [-0.2, 0) is 26.6 Å². The summed E-state index contributed by atoms with van der Waals surface area (Å²) >= 11 is 7.20. The number of rotatable bonds is 5. The lowest BCUT2D eigenvalue weighted by molar-refractivity contribution is -0.186. The fourth-order valence-electron chi connectivity index (χ4n) is 2.41. The van der Waals surface area contributed by atoms with Gasteiger partial charge in [-0.3, -0.25) is 4.79 Å². The maximum absolute atomic E-state index is 11.2. The van der Waals surface area contributed by atoms with Crippen molar-refractivity contribution in [2.45, 2.75) is 25.4 Å². The van der Waals surface area contributed by atoms with Crippen LogP contribution < -0.4 is 0 Å². The number of halogens is 1. The third-order valence-corrected chi connectivity index (χ3v) is 4.65. The molecule has 122 valence electrons. The Morgan fingerprint density at radius 2 is 2.26 bits per heavy atom. The first-order valence-electron chi connectivity index (χ1n) is 7.11. The van der Waals surface area contributed by atoms with Crippen molar-refractivity contribution in [1.82, 2.24) is 14.8 Å². The van der Waals surface area contributed by atoms with Gasteiger partial charge < -0.3 is 9.47 Å². The maximum Gasteiger partial charge on any atom is 0.215 e. The molecule has 0 spiro atoms. The molecule has 2 heterocycles. The molecule has 0 amide bonds. The van der Waals surface area contributed by atoms with E-state index in [1.165, 1.54) is 18.1 Å². The zero-order valence-corrected chi connectivity index (χ0v) is 14.1. The number of ether oxygens (including phenoxy) is 2. The monoisotopic (exact) mass is 353 g/mol. The van der Waals surface area contributed by atoms with E-state index in [0.717, 1.165) is 5.56 Å². The van der Waals surface area contributed by atoms with Crippen LogP contribution in [0.1, 0.15) is 12.5 Å². The standard InChI is InChI=1S/C15H16ClN3O3S/c1-11(20)23-7-14-6-21-15(22-14,8-19-10-17-9-18-19)12-2-4-13(16)5-3-12/h2-5,9-10,14H,6-8H2,1H3/t14-,15+/m1/s1. The highest BCUT2D eigenvalue weighted by Crippen LogP contribution is 2.37. The van der Waals surface area contributed by atoms with Crippen LogP contribution in [0.5, 0.6) is 0 Å². The number of hydrogen-bond donors (Lipinski definition) is 0. The van der Waals surface area contributed by atoms with Gasteiger partial charge in [0.05, 0.1) is 12.7 Å². The summed E-state index contributed by atoms with van der Waals surface area (Å²) in [6, 6.07) is 7.34. The van der Waals surface area contributed by atoms with Crippen molar-refractivity contribution in [3.63, 3.8) is 0 Å². The molecular weight excluding hydrogens is 338 g/mol. The Bertz CT molecular complexity index is 665. The molecule has 0 saturated carbocycles. The van der Waals surface area contributed by atoms with Crippen molar-refractivity contribution < 1.29 is 14.3 Å². The van der Waals surface area contributed by atoms with Gasteiger partial charge in [0, 0.05) is 23.3 Å². The molecule has 8 heteroatoms. The molecular formula is C15H16ClN3O3S. The molecule has 0 N–H and O–H groups in total. The summed E-state index contributed by atoms with van der Waals surface area (Å²) in [5.41, 5.74) is 0.854. The first-order chi connectivity index (χ1) is 11.1. The minimum atomic E-state index is -0.958. The van der Waals surface area contributed by atoms with Crippen LogP contribution in [-0.4, -0.2) is 38.3 Å². The molecule has 0 bridgehead atoms. The molecule has 0 unspecified atom stereocenters. The molecule has 1 aromatic heterocycles. The summed E-state index contributed by atoms with van der Waals surface area (Å²) in [4.78, 5) is 15.1. The van der Waals surface area contributed by atoms with E-state index in [-0.39, 0.29) is 11.2 Å². The summed E-state index contributed by atoms with van der Waals surface area (Å²) < 4.78 is 13.8. The molecule has 1 fully saturated rings. The van der Waals surface area contributed by atoms with Gasteiger partial charge in [0.15, 0.2) is 5.12 Å². The van der Waals surface area contributed by atoms with Gasteiger partial charge >= 0.3 is 0 Å². The third-order valence-electron chi connectivity index (χ3n) is 3.45. The molecule has 0 aliphatic carbocycles. The number of thioether (sulfide) groups is 1. The van der Waals surface area contributed by atoms with E-state index in [2.05, 4.69) is 10.1 Å². The van der Waals surface area contributed by atoms with E-state index in [0.29, 0.717) is 23.9 Å². The summed E-state index contributed by atoms with van der Waals surface area (Å²) in [6.45, 7) is 2.33. The lowest BCUT2D eigenvalue weighted by Crippen LogP contribution is -2.34. The van der Waals surface area contributed by atoms with Crippen LogP contribution in [0.25, 0.3) is 0 Å². The molecule has 2 aromatic rings. The fourth-order valence-corrected chi connectivity index (χ4v) is 3.13. The zero-order chi connectivity index (χ0) is 16.3. The van der Waals surface area contributed by atoms with Gasteiger partial charge in [-0.2, -0.15) is 5.10 Å². The molecule has 0 radical (unpaired) electrons. The molecule has 2 atom stereocenters. The Kier molecular flexibility index (Phi) is 5.01. The van der Waals surface area contributed by atoms with E-state index in [1.807, 2.05) is 12.1 Å². The van der Waals surface area contributed by atoms with Gasteiger partial charge in [0.1, 0.15) is 19.2 Å². The Morgan fingerprint density at radius 1 is 1.48 bits per heavy atom. The van der Waals surface area contributed by atoms with Crippen LogP contribution in [0, 0.1) is 0 Å². The van der Waals surface area contributed by atoms with E-state index < -0.39 is 5.79 Å². The van der Waals surface area contributed by atoms with Gasteiger partial charge in [-0.25, -0.2) is 9.67 Å². The first-order valence-corrected chi connectivity index (χ1v) is 8.47. The van der Waals surface area contributed by atoms with Crippen molar-refractivity contribution in [3.8, 4) is 0 Å². The van der Waals surface area contributed by atoms with E-state index in [9.17, 15) is 4.79 Å². The Hall–Kier alpha value is -1.41. The second-order valence-electron chi connectivity index (χ2n) is 5.21. The van der Waals surface area contributed by atoms with Gasteiger partial charge in [-0.05, 0) is 12.1 Å².